The number of carboxylic acids is 1. The highest BCUT2D eigenvalue weighted by Crippen LogP contribution is 2.17. The lowest BCUT2D eigenvalue weighted by atomic mass is 9.97. The average molecular weight is 283 g/mol. The van der Waals surface area contributed by atoms with Crippen LogP contribution in [0, 0.1) is 5.92 Å². The van der Waals surface area contributed by atoms with Crippen LogP contribution in [-0.2, 0) is 9.59 Å². The smallest absolute Gasteiger partial charge is 0.306 e. The van der Waals surface area contributed by atoms with Gasteiger partial charge in [-0.15, -0.1) is 0 Å². The Balaban J connectivity index is 1.76. The molecule has 0 radical (unpaired) electrons. The molecule has 0 bridgehead atoms. The third-order valence-electron chi connectivity index (χ3n) is 4.37. The second kappa shape index (κ2) is 7.04. The molecule has 0 unspecified atom stereocenters. The molecule has 0 spiro atoms. The topological polar surface area (TPSA) is 64.1 Å². The molecule has 6 nitrogen and oxygen atoms in total. The van der Waals surface area contributed by atoms with E-state index >= 15 is 0 Å². The first kappa shape index (κ1) is 15.3. The van der Waals surface area contributed by atoms with Crippen molar-refractivity contribution in [3.05, 3.63) is 0 Å². The van der Waals surface area contributed by atoms with Crippen molar-refractivity contribution < 1.29 is 14.7 Å². The highest BCUT2D eigenvalue weighted by atomic mass is 16.4. The second-order valence-corrected chi connectivity index (χ2v) is 5.93. The van der Waals surface area contributed by atoms with Crippen LogP contribution in [0.3, 0.4) is 0 Å². The van der Waals surface area contributed by atoms with Gasteiger partial charge in [-0.05, 0) is 39.4 Å². The minimum atomic E-state index is -0.729. The van der Waals surface area contributed by atoms with Gasteiger partial charge in [0.1, 0.15) is 0 Å². The number of likely N-dealkylation sites (N-methyl/N-ethyl adjacent to an activating group) is 1. The maximum Gasteiger partial charge on any atom is 0.306 e. The molecule has 2 saturated heterocycles. The van der Waals surface area contributed by atoms with E-state index in [2.05, 4.69) is 16.8 Å². The van der Waals surface area contributed by atoms with Crippen LogP contribution in [0.2, 0.25) is 0 Å². The third-order valence-corrected chi connectivity index (χ3v) is 4.37. The number of rotatable bonds is 3. The quantitative estimate of drug-likeness (QED) is 0.786. The summed E-state index contributed by atoms with van der Waals surface area (Å²) in [7, 11) is 2.11. The predicted molar refractivity (Wildman–Crippen MR) is 75.5 cm³/mol. The number of piperidine rings is 1. The molecule has 2 rings (SSSR count). The lowest BCUT2D eigenvalue weighted by molar-refractivity contribution is -0.146. The Labute approximate surface area is 120 Å². The third kappa shape index (κ3) is 4.18. The van der Waals surface area contributed by atoms with Gasteiger partial charge in [-0.25, -0.2) is 0 Å². The lowest BCUT2D eigenvalue weighted by Gasteiger charge is -2.32. The number of amides is 1. The minimum absolute atomic E-state index is 0.151. The molecule has 0 atom stereocenters. The Morgan fingerprint density at radius 1 is 1.05 bits per heavy atom. The fourth-order valence-electron chi connectivity index (χ4n) is 2.93. The summed E-state index contributed by atoms with van der Waals surface area (Å²) in [6.45, 7) is 5.66. The monoisotopic (exact) mass is 283 g/mol. The van der Waals surface area contributed by atoms with E-state index < -0.39 is 5.97 Å². The Morgan fingerprint density at radius 2 is 1.75 bits per heavy atom. The van der Waals surface area contributed by atoms with Crippen LogP contribution in [0.1, 0.15) is 19.3 Å². The molecule has 114 valence electrons. The summed E-state index contributed by atoms with van der Waals surface area (Å²) in [6, 6.07) is 0. The number of carbonyl (C=O) groups excluding carboxylic acids is 1. The Kier molecular flexibility index (Phi) is 5.37. The average Bonchev–Trinajstić information content (AvgIpc) is 2.64. The van der Waals surface area contributed by atoms with Crippen LogP contribution in [0.25, 0.3) is 0 Å². The van der Waals surface area contributed by atoms with E-state index in [1.807, 2.05) is 4.90 Å². The number of nitrogens with zero attached hydrogens (tertiary/aromatic N) is 3. The van der Waals surface area contributed by atoms with Crippen LogP contribution in [0.5, 0.6) is 0 Å². The van der Waals surface area contributed by atoms with Gasteiger partial charge in [-0.1, -0.05) is 0 Å². The van der Waals surface area contributed by atoms with Gasteiger partial charge in [-0.2, -0.15) is 0 Å². The first-order valence-electron chi connectivity index (χ1n) is 7.47. The Hall–Kier alpha value is -1.14. The molecule has 2 heterocycles. The van der Waals surface area contributed by atoms with Gasteiger partial charge in [0.05, 0.1) is 12.5 Å². The van der Waals surface area contributed by atoms with Crippen molar-refractivity contribution in [1.29, 1.82) is 0 Å². The van der Waals surface area contributed by atoms with Gasteiger partial charge in [0, 0.05) is 26.2 Å². The molecule has 0 saturated carbocycles. The zero-order valence-electron chi connectivity index (χ0n) is 12.3. The van der Waals surface area contributed by atoms with E-state index in [9.17, 15) is 9.59 Å². The van der Waals surface area contributed by atoms with E-state index in [1.165, 1.54) is 0 Å². The molecule has 1 amide bonds. The molecular weight excluding hydrogens is 258 g/mol. The number of carboxylic acid groups (broad SMARTS) is 1. The molecule has 0 aromatic heterocycles. The number of aliphatic carboxylic acids is 1. The van der Waals surface area contributed by atoms with Crippen molar-refractivity contribution in [3.63, 3.8) is 0 Å². The van der Waals surface area contributed by atoms with Gasteiger partial charge in [0.2, 0.25) is 5.91 Å². The van der Waals surface area contributed by atoms with Gasteiger partial charge in [0.15, 0.2) is 0 Å². The van der Waals surface area contributed by atoms with Gasteiger partial charge >= 0.3 is 5.97 Å². The van der Waals surface area contributed by atoms with Gasteiger partial charge in [0.25, 0.3) is 0 Å². The summed E-state index contributed by atoms with van der Waals surface area (Å²) in [4.78, 5) is 29.5. The van der Waals surface area contributed by atoms with E-state index in [1.54, 1.807) is 0 Å². The van der Waals surface area contributed by atoms with Crippen LogP contribution < -0.4 is 0 Å². The van der Waals surface area contributed by atoms with Crippen LogP contribution >= 0.6 is 0 Å². The Bertz CT molecular complexity index is 354. The van der Waals surface area contributed by atoms with Crippen LogP contribution in [0.4, 0.5) is 0 Å². The van der Waals surface area contributed by atoms with Crippen molar-refractivity contribution in [1.82, 2.24) is 14.7 Å². The number of hydrogen-bond donors (Lipinski definition) is 1. The maximum absolute atomic E-state index is 12.3. The molecule has 6 heteroatoms. The number of carbonyl (C=O) groups is 2. The molecule has 0 aromatic carbocycles. The fourth-order valence-corrected chi connectivity index (χ4v) is 2.93. The predicted octanol–water partition coefficient (Wildman–Crippen LogP) is -0.0529. The standard InChI is InChI=1S/C14H25N3O3/c1-15-5-2-6-16(10-9-15)11-13(18)17-7-3-12(4-8-17)14(19)20/h12H,2-11H2,1H3,(H,19,20). The van der Waals surface area contributed by atoms with Crippen molar-refractivity contribution in [2.24, 2.45) is 5.92 Å². The van der Waals surface area contributed by atoms with Crippen LogP contribution in [0.15, 0.2) is 0 Å². The molecule has 1 N–H and O–H groups in total. The molecular formula is C14H25N3O3. The summed E-state index contributed by atoms with van der Waals surface area (Å²) >= 11 is 0. The normalized spacial score (nSPS) is 23.6. The second-order valence-electron chi connectivity index (χ2n) is 5.93. The van der Waals surface area contributed by atoms with Gasteiger partial charge < -0.3 is 14.9 Å². The van der Waals surface area contributed by atoms with Crippen LogP contribution in [-0.4, -0.2) is 84.5 Å². The summed E-state index contributed by atoms with van der Waals surface area (Å²) in [5.41, 5.74) is 0. The van der Waals surface area contributed by atoms with E-state index in [-0.39, 0.29) is 11.8 Å². The highest BCUT2D eigenvalue weighted by molar-refractivity contribution is 5.79. The summed E-state index contributed by atoms with van der Waals surface area (Å²) < 4.78 is 0. The lowest BCUT2D eigenvalue weighted by Crippen LogP contribution is -2.45. The summed E-state index contributed by atoms with van der Waals surface area (Å²) in [5, 5.41) is 8.96. The highest BCUT2D eigenvalue weighted by Gasteiger charge is 2.27. The minimum Gasteiger partial charge on any atom is -0.481 e. The fraction of sp³-hybridized carbons (Fsp3) is 0.857. The van der Waals surface area contributed by atoms with Crippen molar-refractivity contribution in [2.45, 2.75) is 19.3 Å². The van der Waals surface area contributed by atoms with Gasteiger partial charge in [-0.3, -0.25) is 14.5 Å². The number of hydrogen-bond acceptors (Lipinski definition) is 4. The Morgan fingerprint density at radius 3 is 2.40 bits per heavy atom. The maximum atomic E-state index is 12.3. The molecule has 2 fully saturated rings. The van der Waals surface area contributed by atoms with Crippen molar-refractivity contribution in [2.75, 3.05) is 52.9 Å². The zero-order valence-corrected chi connectivity index (χ0v) is 12.3. The molecule has 0 aliphatic carbocycles. The SMILES string of the molecule is CN1CCCN(CC(=O)N2CCC(C(=O)O)CC2)CC1. The van der Waals surface area contributed by atoms with Crippen molar-refractivity contribution >= 4 is 11.9 Å². The van der Waals surface area contributed by atoms with E-state index in [0.29, 0.717) is 32.5 Å². The van der Waals surface area contributed by atoms with Crippen molar-refractivity contribution in [3.8, 4) is 0 Å². The van der Waals surface area contributed by atoms with E-state index in [0.717, 1.165) is 32.6 Å². The summed E-state index contributed by atoms with van der Waals surface area (Å²) in [5.74, 6) is -0.850. The first-order chi connectivity index (χ1) is 9.56. The molecule has 2 aliphatic heterocycles. The zero-order chi connectivity index (χ0) is 14.5. The summed E-state index contributed by atoms with van der Waals surface area (Å²) in [6.07, 6.45) is 2.28. The first-order valence-corrected chi connectivity index (χ1v) is 7.47. The number of likely N-dealkylation sites (tertiary alicyclic amines) is 1. The van der Waals surface area contributed by atoms with E-state index in [4.69, 9.17) is 5.11 Å². The molecule has 20 heavy (non-hydrogen) atoms. The largest absolute Gasteiger partial charge is 0.481 e. The molecule has 0 aromatic rings. The molecule has 2 aliphatic rings.